The van der Waals surface area contributed by atoms with Crippen LogP contribution in [0.3, 0.4) is 0 Å². The fraction of sp³-hybridized carbons (Fsp3) is 0.333. The van der Waals surface area contributed by atoms with E-state index in [4.69, 9.17) is 0 Å². The van der Waals surface area contributed by atoms with Crippen LogP contribution in [0.15, 0.2) is 78.9 Å². The van der Waals surface area contributed by atoms with Crippen molar-refractivity contribution in [1.29, 1.82) is 0 Å². The molecule has 0 bridgehead atoms. The van der Waals surface area contributed by atoms with Gasteiger partial charge < -0.3 is 0 Å². The van der Waals surface area contributed by atoms with Gasteiger partial charge in [0.2, 0.25) is 0 Å². The van der Waals surface area contributed by atoms with Crippen LogP contribution in [-0.4, -0.2) is 17.5 Å². The average molecular weight is 370 g/mol. The average Bonchev–Trinajstić information content (AvgIpc) is 2.67. The van der Waals surface area contributed by atoms with Gasteiger partial charge in [0.15, 0.2) is 0 Å². The van der Waals surface area contributed by atoms with Crippen LogP contribution in [0.25, 0.3) is 0 Å². The smallest absolute Gasteiger partial charge is 0.0604 e. The Morgan fingerprint density at radius 1 is 0.786 bits per heavy atom. The molecule has 1 nitrogen and oxygen atoms in total. The zero-order valence-corrected chi connectivity index (χ0v) is 17.3. The first-order chi connectivity index (χ1) is 13.7. The fourth-order valence-electron chi connectivity index (χ4n) is 4.95. The van der Waals surface area contributed by atoms with Gasteiger partial charge in [-0.15, -0.1) is 0 Å². The minimum absolute atomic E-state index is 0.311. The lowest BCUT2D eigenvalue weighted by Gasteiger charge is -2.48. The van der Waals surface area contributed by atoms with Gasteiger partial charge in [-0.1, -0.05) is 96.9 Å². The molecule has 1 heteroatoms. The molecule has 0 N–H and O–H groups in total. The fourth-order valence-corrected chi connectivity index (χ4v) is 4.95. The number of aryl methyl sites for hydroxylation is 2. The molecule has 1 saturated carbocycles. The highest BCUT2D eigenvalue weighted by Gasteiger charge is 2.39. The molecule has 28 heavy (non-hydrogen) atoms. The van der Waals surface area contributed by atoms with Crippen molar-refractivity contribution in [3.8, 4) is 0 Å². The maximum Gasteiger partial charge on any atom is 0.0604 e. The summed E-state index contributed by atoms with van der Waals surface area (Å²) in [6.45, 7) is 7.81. The van der Waals surface area contributed by atoms with Crippen LogP contribution in [0.1, 0.15) is 59.5 Å². The minimum atomic E-state index is 0.311. The van der Waals surface area contributed by atoms with Crippen molar-refractivity contribution in [1.82, 2.24) is 4.90 Å². The molecule has 0 radical (unpaired) electrons. The maximum absolute atomic E-state index is 2.73. The van der Waals surface area contributed by atoms with Crippen LogP contribution < -0.4 is 0 Å². The summed E-state index contributed by atoms with van der Waals surface area (Å²) in [5.41, 5.74) is 7.06. The lowest BCUT2D eigenvalue weighted by molar-refractivity contribution is 0.0787. The van der Waals surface area contributed by atoms with E-state index >= 15 is 0 Å². The summed E-state index contributed by atoms with van der Waals surface area (Å²) in [4.78, 5) is 2.73. The van der Waals surface area contributed by atoms with Crippen LogP contribution in [0.4, 0.5) is 0 Å². The molecule has 0 amide bonds. The van der Waals surface area contributed by atoms with Crippen LogP contribution in [0, 0.1) is 13.8 Å². The summed E-state index contributed by atoms with van der Waals surface area (Å²) in [5.74, 6) is 0.633. The van der Waals surface area contributed by atoms with Crippen molar-refractivity contribution >= 4 is 0 Å². The maximum atomic E-state index is 2.73. The summed E-state index contributed by atoms with van der Waals surface area (Å²) in [6.07, 6.45) is 2.57. The van der Waals surface area contributed by atoms with Gasteiger partial charge >= 0.3 is 0 Å². The number of rotatable bonds is 6. The van der Waals surface area contributed by atoms with Crippen LogP contribution >= 0.6 is 0 Å². The van der Waals surface area contributed by atoms with Crippen LogP contribution in [-0.2, 0) is 0 Å². The third-order valence-electron chi connectivity index (χ3n) is 6.26. The minimum Gasteiger partial charge on any atom is -0.289 e. The quantitative estimate of drug-likeness (QED) is 0.469. The van der Waals surface area contributed by atoms with Gasteiger partial charge in [0.25, 0.3) is 0 Å². The van der Waals surface area contributed by atoms with E-state index in [9.17, 15) is 0 Å². The van der Waals surface area contributed by atoms with E-state index in [1.54, 1.807) is 0 Å². The van der Waals surface area contributed by atoms with E-state index in [1.165, 1.54) is 40.7 Å². The third-order valence-corrected chi connectivity index (χ3v) is 6.26. The van der Waals surface area contributed by atoms with Crippen LogP contribution in [0.5, 0.6) is 0 Å². The second kappa shape index (κ2) is 8.32. The second-order valence-corrected chi connectivity index (χ2v) is 8.23. The summed E-state index contributed by atoms with van der Waals surface area (Å²) < 4.78 is 0. The van der Waals surface area contributed by atoms with Crippen LogP contribution in [0.2, 0.25) is 0 Å². The van der Waals surface area contributed by atoms with Gasteiger partial charge in [0, 0.05) is 6.04 Å². The standard InChI is InChI=1S/C27H31N/c1-4-28(26-16-15-25(26)24-18-20(2)17-21(3)19-24)27(22-11-7-5-8-12-22)23-13-9-6-10-14-23/h5-14,17-19,25-27H,4,15-16H2,1-3H3/t25-,26-/m0/s1. The number of benzene rings is 3. The number of likely N-dealkylation sites (N-methyl/N-ethyl adjacent to an activating group) is 1. The summed E-state index contributed by atoms with van der Waals surface area (Å²) in [6, 6.07) is 30.0. The Balaban J connectivity index is 1.70. The Morgan fingerprint density at radius 3 is 1.75 bits per heavy atom. The van der Waals surface area contributed by atoms with E-state index in [0.29, 0.717) is 18.0 Å². The number of hydrogen-bond donors (Lipinski definition) is 0. The molecule has 3 aromatic rings. The van der Waals surface area contributed by atoms with Gasteiger partial charge in [-0.2, -0.15) is 0 Å². The molecule has 0 heterocycles. The van der Waals surface area contributed by atoms with Crippen molar-refractivity contribution < 1.29 is 0 Å². The second-order valence-electron chi connectivity index (χ2n) is 8.23. The Kier molecular flexibility index (Phi) is 5.64. The van der Waals surface area contributed by atoms with Gasteiger partial charge in [0.1, 0.15) is 0 Å². The summed E-state index contributed by atoms with van der Waals surface area (Å²) >= 11 is 0. The lowest BCUT2D eigenvalue weighted by Crippen LogP contribution is -2.47. The molecule has 0 aliphatic heterocycles. The highest BCUT2D eigenvalue weighted by atomic mass is 15.2. The first kappa shape index (κ1) is 19.0. The van der Waals surface area contributed by atoms with Gasteiger partial charge in [-0.3, -0.25) is 4.90 Å². The van der Waals surface area contributed by atoms with E-state index < -0.39 is 0 Å². The zero-order valence-electron chi connectivity index (χ0n) is 17.3. The number of hydrogen-bond acceptors (Lipinski definition) is 1. The normalized spacial score (nSPS) is 19.0. The summed E-state index contributed by atoms with van der Waals surface area (Å²) in [5, 5.41) is 0. The molecule has 0 unspecified atom stereocenters. The topological polar surface area (TPSA) is 3.24 Å². The predicted molar refractivity (Wildman–Crippen MR) is 119 cm³/mol. The van der Waals surface area contributed by atoms with Crippen molar-refractivity contribution in [3.63, 3.8) is 0 Å². The molecule has 3 aromatic carbocycles. The van der Waals surface area contributed by atoms with Crippen molar-refractivity contribution in [3.05, 3.63) is 107 Å². The molecule has 0 spiro atoms. The molecular weight excluding hydrogens is 338 g/mol. The Labute approximate surface area is 170 Å². The van der Waals surface area contributed by atoms with Crippen molar-refractivity contribution in [2.24, 2.45) is 0 Å². The largest absolute Gasteiger partial charge is 0.289 e. The van der Waals surface area contributed by atoms with Crippen molar-refractivity contribution in [2.45, 2.75) is 51.6 Å². The first-order valence-electron chi connectivity index (χ1n) is 10.6. The highest BCUT2D eigenvalue weighted by molar-refractivity contribution is 5.36. The molecular formula is C27H31N. The molecule has 4 rings (SSSR count). The van der Waals surface area contributed by atoms with Crippen molar-refractivity contribution in [2.75, 3.05) is 6.54 Å². The molecule has 1 fully saturated rings. The highest BCUT2D eigenvalue weighted by Crippen LogP contribution is 2.45. The number of nitrogens with zero attached hydrogens (tertiary/aromatic N) is 1. The molecule has 1 aliphatic rings. The van der Waals surface area contributed by atoms with E-state index in [-0.39, 0.29) is 0 Å². The zero-order chi connectivity index (χ0) is 19.5. The summed E-state index contributed by atoms with van der Waals surface area (Å²) in [7, 11) is 0. The SMILES string of the molecule is CCN(C(c1ccccc1)c1ccccc1)[C@H]1CC[C@H]1c1cc(C)cc(C)c1. The first-order valence-corrected chi connectivity index (χ1v) is 10.6. The predicted octanol–water partition coefficient (Wildman–Crippen LogP) is 6.66. The van der Waals surface area contributed by atoms with E-state index in [0.717, 1.165) is 6.54 Å². The molecule has 144 valence electrons. The third kappa shape index (κ3) is 3.77. The van der Waals surface area contributed by atoms with Gasteiger partial charge in [0.05, 0.1) is 6.04 Å². The lowest BCUT2D eigenvalue weighted by atomic mass is 9.72. The molecule has 1 aliphatic carbocycles. The molecule has 0 saturated heterocycles. The Morgan fingerprint density at radius 2 is 1.32 bits per heavy atom. The molecule has 2 atom stereocenters. The van der Waals surface area contributed by atoms with Gasteiger partial charge in [-0.25, -0.2) is 0 Å². The van der Waals surface area contributed by atoms with E-state index in [1.807, 2.05) is 0 Å². The van der Waals surface area contributed by atoms with Gasteiger partial charge in [-0.05, 0) is 55.8 Å². The Hall–Kier alpha value is -2.38. The monoisotopic (exact) mass is 369 g/mol. The molecule has 0 aromatic heterocycles. The Bertz CT molecular complexity index is 840. The van der Waals surface area contributed by atoms with E-state index in [2.05, 4.69) is 105 Å².